The van der Waals surface area contributed by atoms with Crippen molar-refractivity contribution in [3.63, 3.8) is 0 Å². The quantitative estimate of drug-likeness (QED) is 0.852. The highest BCUT2D eigenvalue weighted by atomic mass is 19.1. The predicted octanol–water partition coefficient (Wildman–Crippen LogP) is 1.74. The van der Waals surface area contributed by atoms with E-state index in [1.165, 1.54) is 12.1 Å². The topological polar surface area (TPSA) is 66.4 Å². The fraction of sp³-hybridized carbons (Fsp3) is 0.429. The molecule has 0 saturated heterocycles. The summed E-state index contributed by atoms with van der Waals surface area (Å²) in [4.78, 5) is 22.8. The monoisotopic (exact) mass is 265 g/mol. The van der Waals surface area contributed by atoms with Crippen molar-refractivity contribution in [2.24, 2.45) is 5.41 Å². The van der Waals surface area contributed by atoms with Crippen molar-refractivity contribution < 1.29 is 19.1 Å². The van der Waals surface area contributed by atoms with Gasteiger partial charge in [0.2, 0.25) is 5.91 Å². The molecular weight excluding hydrogens is 249 g/mol. The Hall–Kier alpha value is -1.91. The normalized spacial score (nSPS) is 16.5. The van der Waals surface area contributed by atoms with Gasteiger partial charge in [-0.2, -0.15) is 0 Å². The van der Waals surface area contributed by atoms with E-state index in [-0.39, 0.29) is 24.7 Å². The SMILES string of the molecule is O=C(Cc1cccc(F)c1)NCC1(C(=O)O)CCC1. The van der Waals surface area contributed by atoms with Crippen molar-refractivity contribution in [3.8, 4) is 0 Å². The number of halogens is 1. The first-order valence-electron chi connectivity index (χ1n) is 6.26. The summed E-state index contributed by atoms with van der Waals surface area (Å²) in [5, 5.41) is 11.8. The number of carboxylic acids is 1. The van der Waals surface area contributed by atoms with E-state index in [0.29, 0.717) is 18.4 Å². The number of benzene rings is 1. The minimum Gasteiger partial charge on any atom is -0.481 e. The van der Waals surface area contributed by atoms with E-state index in [9.17, 15) is 14.0 Å². The zero-order chi connectivity index (χ0) is 13.9. The van der Waals surface area contributed by atoms with Crippen molar-refractivity contribution in [1.82, 2.24) is 5.32 Å². The molecule has 1 saturated carbocycles. The second-order valence-corrected chi connectivity index (χ2v) is 5.02. The lowest BCUT2D eigenvalue weighted by molar-refractivity contribution is -0.154. The van der Waals surface area contributed by atoms with Crippen LogP contribution in [0.3, 0.4) is 0 Å². The van der Waals surface area contributed by atoms with Crippen LogP contribution in [0.2, 0.25) is 0 Å². The number of hydrogen-bond donors (Lipinski definition) is 2. The van der Waals surface area contributed by atoms with E-state index in [1.807, 2.05) is 0 Å². The molecule has 0 aliphatic heterocycles. The minimum absolute atomic E-state index is 0.0630. The first-order valence-corrected chi connectivity index (χ1v) is 6.26. The molecule has 19 heavy (non-hydrogen) atoms. The van der Waals surface area contributed by atoms with E-state index >= 15 is 0 Å². The van der Waals surface area contributed by atoms with Gasteiger partial charge in [-0.25, -0.2) is 4.39 Å². The summed E-state index contributed by atoms with van der Waals surface area (Å²) in [5.74, 6) is -1.52. The van der Waals surface area contributed by atoms with Gasteiger partial charge in [-0.05, 0) is 30.5 Å². The molecule has 0 atom stereocenters. The van der Waals surface area contributed by atoms with Crippen LogP contribution in [-0.2, 0) is 16.0 Å². The molecule has 4 nitrogen and oxygen atoms in total. The Kier molecular flexibility index (Phi) is 3.83. The molecule has 1 aliphatic carbocycles. The maximum Gasteiger partial charge on any atom is 0.311 e. The van der Waals surface area contributed by atoms with E-state index in [2.05, 4.69) is 5.32 Å². The largest absolute Gasteiger partial charge is 0.481 e. The molecule has 0 aromatic heterocycles. The van der Waals surface area contributed by atoms with Gasteiger partial charge in [0.15, 0.2) is 0 Å². The maximum atomic E-state index is 13.0. The summed E-state index contributed by atoms with van der Waals surface area (Å²) in [6.45, 7) is 0.149. The van der Waals surface area contributed by atoms with Crippen LogP contribution in [0, 0.1) is 11.2 Å². The van der Waals surface area contributed by atoms with Crippen molar-refractivity contribution in [2.45, 2.75) is 25.7 Å². The number of hydrogen-bond acceptors (Lipinski definition) is 2. The van der Waals surface area contributed by atoms with Crippen LogP contribution in [-0.4, -0.2) is 23.5 Å². The smallest absolute Gasteiger partial charge is 0.311 e. The van der Waals surface area contributed by atoms with Gasteiger partial charge in [0.1, 0.15) is 5.82 Å². The van der Waals surface area contributed by atoms with Gasteiger partial charge in [-0.15, -0.1) is 0 Å². The van der Waals surface area contributed by atoms with Gasteiger partial charge in [0.25, 0.3) is 0 Å². The Balaban J connectivity index is 1.87. The molecule has 1 aliphatic rings. The zero-order valence-corrected chi connectivity index (χ0v) is 10.5. The summed E-state index contributed by atoms with van der Waals surface area (Å²) in [6.07, 6.45) is 2.14. The molecule has 0 bridgehead atoms. The second kappa shape index (κ2) is 5.38. The van der Waals surface area contributed by atoms with Gasteiger partial charge in [0.05, 0.1) is 11.8 Å². The predicted molar refractivity (Wildman–Crippen MR) is 67.0 cm³/mol. The number of rotatable bonds is 5. The number of carbonyl (C=O) groups excluding carboxylic acids is 1. The average molecular weight is 265 g/mol. The highest BCUT2D eigenvalue weighted by Crippen LogP contribution is 2.40. The third kappa shape index (κ3) is 3.10. The lowest BCUT2D eigenvalue weighted by Crippen LogP contribution is -2.47. The summed E-state index contributed by atoms with van der Waals surface area (Å²) in [6, 6.07) is 5.83. The highest BCUT2D eigenvalue weighted by molar-refractivity contribution is 5.81. The Labute approximate surface area is 110 Å². The minimum atomic E-state index is -0.857. The van der Waals surface area contributed by atoms with E-state index < -0.39 is 11.4 Å². The zero-order valence-electron chi connectivity index (χ0n) is 10.5. The van der Waals surface area contributed by atoms with Gasteiger partial charge in [-0.1, -0.05) is 18.6 Å². The molecule has 102 valence electrons. The van der Waals surface area contributed by atoms with Crippen LogP contribution in [0.1, 0.15) is 24.8 Å². The number of amides is 1. The van der Waals surface area contributed by atoms with E-state index in [1.54, 1.807) is 12.1 Å². The molecule has 1 amide bonds. The Morgan fingerprint density at radius 3 is 2.63 bits per heavy atom. The summed E-state index contributed by atoms with van der Waals surface area (Å²) in [7, 11) is 0. The van der Waals surface area contributed by atoms with Crippen molar-refractivity contribution in [1.29, 1.82) is 0 Å². The molecule has 1 aromatic rings. The van der Waals surface area contributed by atoms with E-state index in [0.717, 1.165) is 6.42 Å². The lowest BCUT2D eigenvalue weighted by atomic mass is 9.69. The molecular formula is C14H16FNO3. The van der Waals surface area contributed by atoms with Crippen LogP contribution in [0.25, 0.3) is 0 Å². The molecule has 0 spiro atoms. The summed E-state index contributed by atoms with van der Waals surface area (Å²) in [5.41, 5.74) is -0.215. The van der Waals surface area contributed by atoms with Gasteiger partial charge >= 0.3 is 5.97 Å². The summed E-state index contributed by atoms with van der Waals surface area (Å²) < 4.78 is 13.0. The van der Waals surface area contributed by atoms with Gasteiger partial charge in [0, 0.05) is 6.54 Å². The van der Waals surface area contributed by atoms with Crippen LogP contribution in [0.5, 0.6) is 0 Å². The fourth-order valence-electron chi connectivity index (χ4n) is 2.23. The standard InChI is InChI=1S/C14H16FNO3/c15-11-4-1-3-10(7-11)8-12(17)16-9-14(13(18)19)5-2-6-14/h1,3-4,7H,2,5-6,8-9H2,(H,16,17)(H,18,19). The molecule has 1 fully saturated rings. The van der Waals surface area contributed by atoms with Crippen molar-refractivity contribution in [2.75, 3.05) is 6.54 Å². The van der Waals surface area contributed by atoms with Gasteiger partial charge < -0.3 is 10.4 Å². The Morgan fingerprint density at radius 1 is 1.37 bits per heavy atom. The highest BCUT2D eigenvalue weighted by Gasteiger charge is 2.44. The van der Waals surface area contributed by atoms with Crippen molar-refractivity contribution in [3.05, 3.63) is 35.6 Å². The van der Waals surface area contributed by atoms with E-state index in [4.69, 9.17) is 5.11 Å². The van der Waals surface area contributed by atoms with Crippen LogP contribution >= 0.6 is 0 Å². The van der Waals surface area contributed by atoms with Crippen LogP contribution in [0.15, 0.2) is 24.3 Å². The fourth-order valence-corrected chi connectivity index (χ4v) is 2.23. The lowest BCUT2D eigenvalue weighted by Gasteiger charge is -2.37. The molecule has 0 radical (unpaired) electrons. The third-order valence-corrected chi connectivity index (χ3v) is 3.64. The van der Waals surface area contributed by atoms with Crippen LogP contribution < -0.4 is 5.32 Å². The molecule has 2 rings (SSSR count). The number of nitrogens with one attached hydrogen (secondary N) is 1. The van der Waals surface area contributed by atoms with Crippen molar-refractivity contribution >= 4 is 11.9 Å². The average Bonchev–Trinajstić information content (AvgIpc) is 2.26. The Morgan fingerprint density at radius 2 is 2.11 bits per heavy atom. The third-order valence-electron chi connectivity index (χ3n) is 3.64. The molecule has 0 unspecified atom stereocenters. The Bertz CT molecular complexity index is 497. The second-order valence-electron chi connectivity index (χ2n) is 5.02. The molecule has 1 aromatic carbocycles. The molecule has 2 N–H and O–H groups in total. The molecule has 0 heterocycles. The maximum absolute atomic E-state index is 13.0. The first-order chi connectivity index (χ1) is 9.02. The first kappa shape index (κ1) is 13.5. The van der Waals surface area contributed by atoms with Gasteiger partial charge in [-0.3, -0.25) is 9.59 Å². The number of aliphatic carboxylic acids is 1. The number of carboxylic acid groups (broad SMARTS) is 1. The summed E-state index contributed by atoms with van der Waals surface area (Å²) >= 11 is 0. The van der Waals surface area contributed by atoms with Crippen LogP contribution in [0.4, 0.5) is 4.39 Å². The molecule has 5 heteroatoms. The number of carbonyl (C=O) groups is 2.